The summed E-state index contributed by atoms with van der Waals surface area (Å²) in [6.45, 7) is 0.599. The van der Waals surface area contributed by atoms with Gasteiger partial charge in [0.2, 0.25) is 0 Å². The van der Waals surface area contributed by atoms with E-state index in [1.54, 1.807) is 29.2 Å². The Morgan fingerprint density at radius 2 is 1.59 bits per heavy atom. The lowest BCUT2D eigenvalue weighted by molar-refractivity contribution is -0.120. The van der Waals surface area contributed by atoms with E-state index in [9.17, 15) is 9.59 Å². The number of halogens is 1. The molecule has 0 saturated heterocycles. The lowest BCUT2D eigenvalue weighted by Gasteiger charge is -2.25. The Hall–Kier alpha value is -3.31. The highest BCUT2D eigenvalue weighted by Crippen LogP contribution is 2.30. The van der Waals surface area contributed by atoms with Gasteiger partial charge in [0, 0.05) is 22.9 Å². The molecule has 4 rings (SSSR count). The van der Waals surface area contributed by atoms with Crippen LogP contribution in [0.3, 0.4) is 0 Å². The van der Waals surface area contributed by atoms with Crippen molar-refractivity contribution in [2.45, 2.75) is 12.5 Å². The van der Waals surface area contributed by atoms with Crippen LogP contribution in [0, 0.1) is 0 Å². The zero-order valence-corrected chi connectivity index (χ0v) is 16.4. The number of urea groups is 1. The van der Waals surface area contributed by atoms with E-state index in [1.807, 2.05) is 54.6 Å². The first-order valence-electron chi connectivity index (χ1n) is 9.39. The van der Waals surface area contributed by atoms with E-state index in [-0.39, 0.29) is 5.91 Å². The van der Waals surface area contributed by atoms with E-state index < -0.39 is 12.1 Å². The molecule has 6 heteroatoms. The van der Waals surface area contributed by atoms with Crippen LogP contribution in [-0.4, -0.2) is 18.5 Å². The molecule has 1 aliphatic heterocycles. The van der Waals surface area contributed by atoms with E-state index >= 15 is 0 Å². The van der Waals surface area contributed by atoms with Crippen molar-refractivity contribution in [3.05, 3.63) is 95.0 Å². The number of amides is 3. The number of nitrogens with zero attached hydrogens (tertiary/aromatic N) is 1. The Balaban J connectivity index is 1.56. The summed E-state index contributed by atoms with van der Waals surface area (Å²) in [6.07, 6.45) is 0.806. The van der Waals surface area contributed by atoms with E-state index in [4.69, 9.17) is 11.6 Å². The van der Waals surface area contributed by atoms with E-state index in [2.05, 4.69) is 10.6 Å². The van der Waals surface area contributed by atoms with Crippen LogP contribution in [0.15, 0.2) is 78.9 Å². The van der Waals surface area contributed by atoms with Gasteiger partial charge in [0.1, 0.15) is 6.04 Å². The highest BCUT2D eigenvalue weighted by molar-refractivity contribution is 6.30. The molecule has 0 bridgehead atoms. The monoisotopic (exact) mass is 405 g/mol. The van der Waals surface area contributed by atoms with Crippen LogP contribution in [0.2, 0.25) is 5.02 Å². The van der Waals surface area contributed by atoms with Gasteiger partial charge in [-0.3, -0.25) is 4.79 Å². The standard InChI is InChI=1S/C23H20ClN3O2/c24-18-10-12-19(13-11-18)25-23(29)26-21(17-7-2-1-3-8-17)22(28)27-15-14-16-6-4-5-9-20(16)27/h1-13,21H,14-15H2,(H2,25,26,29)/t21-/m0/s1. The molecule has 0 spiro atoms. The topological polar surface area (TPSA) is 61.4 Å². The molecule has 1 aliphatic rings. The molecule has 0 saturated carbocycles. The van der Waals surface area contributed by atoms with Crippen molar-refractivity contribution >= 4 is 34.9 Å². The molecule has 3 aromatic rings. The van der Waals surface area contributed by atoms with Gasteiger partial charge < -0.3 is 15.5 Å². The zero-order chi connectivity index (χ0) is 20.2. The molecule has 3 amide bonds. The number of hydrogen-bond donors (Lipinski definition) is 2. The largest absolute Gasteiger partial charge is 0.322 e. The van der Waals surface area contributed by atoms with Crippen molar-refractivity contribution in [3.63, 3.8) is 0 Å². The summed E-state index contributed by atoms with van der Waals surface area (Å²) < 4.78 is 0. The molecule has 1 atom stereocenters. The first kappa shape index (κ1) is 19.0. The average Bonchev–Trinajstić information content (AvgIpc) is 3.18. The van der Waals surface area contributed by atoms with E-state index in [0.717, 1.165) is 23.2 Å². The summed E-state index contributed by atoms with van der Waals surface area (Å²) in [7, 11) is 0. The molecule has 0 radical (unpaired) electrons. The van der Waals surface area contributed by atoms with Crippen LogP contribution in [-0.2, 0) is 11.2 Å². The maximum atomic E-state index is 13.4. The number of carbonyl (C=O) groups excluding carboxylic acids is 2. The predicted molar refractivity (Wildman–Crippen MR) is 115 cm³/mol. The second-order valence-corrected chi connectivity index (χ2v) is 7.25. The predicted octanol–water partition coefficient (Wildman–Crippen LogP) is 4.79. The molecule has 29 heavy (non-hydrogen) atoms. The fraction of sp³-hybridized carbons (Fsp3) is 0.130. The summed E-state index contributed by atoms with van der Waals surface area (Å²) in [6, 6.07) is 22.7. The minimum Gasteiger partial charge on any atom is -0.322 e. The molecule has 1 heterocycles. The molecule has 0 unspecified atom stereocenters. The highest BCUT2D eigenvalue weighted by atomic mass is 35.5. The zero-order valence-electron chi connectivity index (χ0n) is 15.6. The number of benzene rings is 3. The SMILES string of the molecule is O=C(Nc1ccc(Cl)cc1)N[C@H](C(=O)N1CCc2ccccc21)c1ccccc1. The number of anilines is 2. The molecular formula is C23H20ClN3O2. The third kappa shape index (κ3) is 4.25. The third-order valence-electron chi connectivity index (χ3n) is 4.91. The normalized spacial score (nSPS) is 13.5. The maximum Gasteiger partial charge on any atom is 0.320 e. The number of nitrogens with one attached hydrogen (secondary N) is 2. The minimum atomic E-state index is -0.797. The van der Waals surface area contributed by atoms with E-state index in [1.165, 1.54) is 0 Å². The van der Waals surface area contributed by atoms with Crippen molar-refractivity contribution in [3.8, 4) is 0 Å². The van der Waals surface area contributed by atoms with E-state index in [0.29, 0.717) is 17.3 Å². The van der Waals surface area contributed by atoms with Crippen molar-refractivity contribution < 1.29 is 9.59 Å². The van der Waals surface area contributed by atoms with Crippen LogP contribution in [0.25, 0.3) is 0 Å². The Morgan fingerprint density at radius 1 is 0.897 bits per heavy atom. The molecule has 3 aromatic carbocycles. The number of para-hydroxylation sites is 1. The van der Waals surface area contributed by atoms with Crippen molar-refractivity contribution in [1.29, 1.82) is 0 Å². The summed E-state index contributed by atoms with van der Waals surface area (Å²) in [5, 5.41) is 6.17. The molecule has 2 N–H and O–H groups in total. The van der Waals surface area contributed by atoms with Gasteiger partial charge in [-0.1, -0.05) is 60.1 Å². The molecule has 0 aromatic heterocycles. The molecule has 0 fully saturated rings. The first-order chi connectivity index (χ1) is 14.1. The summed E-state index contributed by atoms with van der Waals surface area (Å²) in [4.78, 5) is 27.8. The second-order valence-electron chi connectivity index (χ2n) is 6.82. The van der Waals surface area contributed by atoms with Crippen molar-refractivity contribution in [2.75, 3.05) is 16.8 Å². The first-order valence-corrected chi connectivity index (χ1v) is 9.77. The van der Waals surface area contributed by atoms with Gasteiger partial charge >= 0.3 is 6.03 Å². The lowest BCUT2D eigenvalue weighted by Crippen LogP contribution is -2.43. The third-order valence-corrected chi connectivity index (χ3v) is 5.16. The minimum absolute atomic E-state index is 0.160. The van der Waals surface area contributed by atoms with Gasteiger partial charge in [0.25, 0.3) is 5.91 Å². The van der Waals surface area contributed by atoms with Crippen molar-refractivity contribution in [2.24, 2.45) is 0 Å². The maximum absolute atomic E-state index is 13.4. The molecule has 5 nitrogen and oxygen atoms in total. The van der Waals surface area contributed by atoms with Gasteiger partial charge in [0.15, 0.2) is 0 Å². The van der Waals surface area contributed by atoms with Gasteiger partial charge in [-0.15, -0.1) is 0 Å². The Labute approximate surface area is 174 Å². The van der Waals surface area contributed by atoms with Crippen molar-refractivity contribution in [1.82, 2.24) is 5.32 Å². The van der Waals surface area contributed by atoms with Crippen LogP contribution in [0.1, 0.15) is 17.2 Å². The van der Waals surface area contributed by atoms with Gasteiger partial charge in [-0.25, -0.2) is 4.79 Å². The molecule has 146 valence electrons. The Kier molecular flexibility index (Phi) is 5.49. The summed E-state index contributed by atoms with van der Waals surface area (Å²) in [5.41, 5.74) is 3.36. The fourth-order valence-corrected chi connectivity index (χ4v) is 3.61. The fourth-order valence-electron chi connectivity index (χ4n) is 3.49. The number of fused-ring (bicyclic) bond motifs is 1. The average molecular weight is 406 g/mol. The van der Waals surface area contributed by atoms with Gasteiger partial charge in [-0.2, -0.15) is 0 Å². The van der Waals surface area contributed by atoms with Gasteiger partial charge in [-0.05, 0) is 47.9 Å². The lowest BCUT2D eigenvalue weighted by atomic mass is 10.1. The second kappa shape index (κ2) is 8.37. The number of carbonyl (C=O) groups is 2. The van der Waals surface area contributed by atoms with Crippen LogP contribution < -0.4 is 15.5 Å². The van der Waals surface area contributed by atoms with Crippen LogP contribution in [0.4, 0.5) is 16.2 Å². The highest BCUT2D eigenvalue weighted by Gasteiger charge is 2.32. The summed E-state index contributed by atoms with van der Waals surface area (Å²) >= 11 is 5.89. The molecular weight excluding hydrogens is 386 g/mol. The smallest absolute Gasteiger partial charge is 0.320 e. The number of hydrogen-bond acceptors (Lipinski definition) is 2. The van der Waals surface area contributed by atoms with Crippen LogP contribution >= 0.6 is 11.6 Å². The Bertz CT molecular complexity index is 1020. The van der Waals surface area contributed by atoms with Gasteiger partial charge in [0.05, 0.1) is 0 Å². The quantitative estimate of drug-likeness (QED) is 0.655. The number of rotatable bonds is 4. The molecule has 0 aliphatic carbocycles. The summed E-state index contributed by atoms with van der Waals surface area (Å²) in [5.74, 6) is -0.160. The Morgan fingerprint density at radius 3 is 2.34 bits per heavy atom. The van der Waals surface area contributed by atoms with Crippen LogP contribution in [0.5, 0.6) is 0 Å².